The lowest BCUT2D eigenvalue weighted by atomic mass is 10.3. The van der Waals surface area contributed by atoms with Gasteiger partial charge in [0.1, 0.15) is 17.4 Å². The summed E-state index contributed by atoms with van der Waals surface area (Å²) in [6, 6.07) is 13.3. The van der Waals surface area contributed by atoms with Crippen LogP contribution in [0, 0.1) is 12.7 Å². The molecule has 0 aliphatic carbocycles. The Kier molecular flexibility index (Phi) is 6.21. The third kappa shape index (κ3) is 5.44. The molecule has 0 bridgehead atoms. The SMILES string of the molecule is Cc1ccnc(Nc2ccc(N3CCN(C(=O)COc4ccc(F)cc4)CC3)nn2)c1. The minimum absolute atomic E-state index is 0.0706. The predicted octanol–water partition coefficient (Wildman–Crippen LogP) is 2.79. The third-order valence-electron chi connectivity index (χ3n) is 4.95. The van der Waals surface area contributed by atoms with E-state index in [9.17, 15) is 9.18 Å². The molecule has 3 heterocycles. The Hall–Kier alpha value is -3.75. The molecule has 31 heavy (non-hydrogen) atoms. The van der Waals surface area contributed by atoms with Crippen molar-refractivity contribution in [3.8, 4) is 5.75 Å². The van der Waals surface area contributed by atoms with Crippen molar-refractivity contribution in [2.75, 3.05) is 43.0 Å². The zero-order valence-corrected chi connectivity index (χ0v) is 17.2. The van der Waals surface area contributed by atoms with Gasteiger partial charge in [-0.15, -0.1) is 10.2 Å². The summed E-state index contributed by atoms with van der Waals surface area (Å²) in [7, 11) is 0. The molecule has 0 atom stereocenters. The lowest BCUT2D eigenvalue weighted by Gasteiger charge is -2.35. The highest BCUT2D eigenvalue weighted by molar-refractivity contribution is 5.78. The Labute approximate surface area is 179 Å². The quantitative estimate of drug-likeness (QED) is 0.654. The molecule has 1 saturated heterocycles. The minimum Gasteiger partial charge on any atom is -0.484 e. The average molecular weight is 422 g/mol. The van der Waals surface area contributed by atoms with Gasteiger partial charge >= 0.3 is 0 Å². The second-order valence-electron chi connectivity index (χ2n) is 7.23. The topological polar surface area (TPSA) is 83.5 Å². The van der Waals surface area contributed by atoms with Gasteiger partial charge in [0.15, 0.2) is 18.2 Å². The van der Waals surface area contributed by atoms with Crippen LogP contribution in [0.4, 0.5) is 21.8 Å². The number of ether oxygens (including phenoxy) is 1. The smallest absolute Gasteiger partial charge is 0.260 e. The van der Waals surface area contributed by atoms with Crippen LogP contribution in [0.2, 0.25) is 0 Å². The molecule has 2 aromatic heterocycles. The van der Waals surface area contributed by atoms with Crippen molar-refractivity contribution in [3.05, 3.63) is 66.1 Å². The molecule has 0 saturated carbocycles. The summed E-state index contributed by atoms with van der Waals surface area (Å²) in [5, 5.41) is 11.7. The highest BCUT2D eigenvalue weighted by Crippen LogP contribution is 2.17. The fraction of sp³-hybridized carbons (Fsp3) is 0.273. The van der Waals surface area contributed by atoms with Crippen LogP contribution in [0.3, 0.4) is 0 Å². The van der Waals surface area contributed by atoms with Gasteiger partial charge in [-0.05, 0) is 61.0 Å². The number of amides is 1. The fourth-order valence-electron chi connectivity index (χ4n) is 3.25. The van der Waals surface area contributed by atoms with E-state index < -0.39 is 0 Å². The normalized spacial score (nSPS) is 13.7. The van der Waals surface area contributed by atoms with Crippen molar-refractivity contribution in [3.63, 3.8) is 0 Å². The first-order valence-electron chi connectivity index (χ1n) is 10.0. The maximum absolute atomic E-state index is 12.9. The molecule has 9 heteroatoms. The van der Waals surface area contributed by atoms with Gasteiger partial charge in [0.05, 0.1) is 0 Å². The van der Waals surface area contributed by atoms with Gasteiger partial charge in [0, 0.05) is 32.4 Å². The zero-order valence-electron chi connectivity index (χ0n) is 17.2. The minimum atomic E-state index is -0.339. The van der Waals surface area contributed by atoms with Crippen molar-refractivity contribution >= 4 is 23.4 Å². The highest BCUT2D eigenvalue weighted by atomic mass is 19.1. The maximum atomic E-state index is 12.9. The van der Waals surface area contributed by atoms with Crippen LogP contribution < -0.4 is 15.0 Å². The number of hydrogen-bond acceptors (Lipinski definition) is 7. The summed E-state index contributed by atoms with van der Waals surface area (Å²) >= 11 is 0. The maximum Gasteiger partial charge on any atom is 0.260 e. The summed E-state index contributed by atoms with van der Waals surface area (Å²) < 4.78 is 18.4. The lowest BCUT2D eigenvalue weighted by molar-refractivity contribution is -0.133. The molecule has 1 N–H and O–H groups in total. The third-order valence-corrected chi connectivity index (χ3v) is 4.95. The summed E-state index contributed by atoms with van der Waals surface area (Å²) in [6.07, 6.45) is 1.74. The summed E-state index contributed by atoms with van der Waals surface area (Å²) in [4.78, 5) is 20.5. The summed E-state index contributed by atoms with van der Waals surface area (Å²) in [6.45, 7) is 4.38. The molecule has 0 unspecified atom stereocenters. The Morgan fingerprint density at radius 2 is 1.81 bits per heavy atom. The van der Waals surface area contributed by atoms with Gasteiger partial charge in [-0.2, -0.15) is 0 Å². The summed E-state index contributed by atoms with van der Waals surface area (Å²) in [5.41, 5.74) is 1.11. The van der Waals surface area contributed by atoms with E-state index in [0.717, 1.165) is 17.2 Å². The first-order chi connectivity index (χ1) is 15.1. The molecule has 0 spiro atoms. The van der Waals surface area contributed by atoms with Crippen molar-refractivity contribution in [1.82, 2.24) is 20.1 Å². The molecule has 1 aliphatic rings. The summed E-state index contributed by atoms with van der Waals surface area (Å²) in [5.74, 6) is 2.13. The van der Waals surface area contributed by atoms with E-state index >= 15 is 0 Å². The number of hydrogen-bond donors (Lipinski definition) is 1. The highest BCUT2D eigenvalue weighted by Gasteiger charge is 2.22. The number of benzene rings is 1. The molecule has 160 valence electrons. The van der Waals surface area contributed by atoms with Crippen LogP contribution in [0.5, 0.6) is 5.75 Å². The number of halogens is 1. The molecule has 4 rings (SSSR count). The van der Waals surface area contributed by atoms with E-state index in [-0.39, 0.29) is 18.3 Å². The van der Waals surface area contributed by atoms with E-state index in [1.807, 2.05) is 31.2 Å². The molecule has 8 nitrogen and oxygen atoms in total. The van der Waals surface area contributed by atoms with Crippen LogP contribution in [-0.2, 0) is 4.79 Å². The standard InChI is InChI=1S/C22H23FN6O2/c1-16-8-9-24-20(14-16)25-19-6-7-21(27-26-19)28-10-12-29(13-11-28)22(30)15-31-18-4-2-17(23)3-5-18/h2-9,14H,10-13,15H2,1H3,(H,24,25,26). The molecular formula is C22H23FN6O2. The van der Waals surface area contributed by atoms with Gasteiger partial charge in [-0.3, -0.25) is 4.79 Å². The van der Waals surface area contributed by atoms with Gasteiger partial charge in [0.25, 0.3) is 5.91 Å². The zero-order chi connectivity index (χ0) is 21.6. The fourth-order valence-corrected chi connectivity index (χ4v) is 3.25. The number of piperazine rings is 1. The van der Waals surface area contributed by atoms with E-state index in [4.69, 9.17) is 4.74 Å². The number of aromatic nitrogens is 3. The van der Waals surface area contributed by atoms with E-state index in [1.54, 1.807) is 11.1 Å². The largest absolute Gasteiger partial charge is 0.484 e. The van der Waals surface area contributed by atoms with E-state index in [2.05, 4.69) is 25.4 Å². The number of pyridine rings is 1. The van der Waals surface area contributed by atoms with Crippen molar-refractivity contribution in [1.29, 1.82) is 0 Å². The molecular weight excluding hydrogens is 399 g/mol. The van der Waals surface area contributed by atoms with Crippen molar-refractivity contribution in [2.24, 2.45) is 0 Å². The Balaban J connectivity index is 1.26. The number of nitrogens with zero attached hydrogens (tertiary/aromatic N) is 5. The molecule has 1 amide bonds. The van der Waals surface area contributed by atoms with Crippen LogP contribution in [0.25, 0.3) is 0 Å². The first kappa shape index (κ1) is 20.5. The number of carbonyl (C=O) groups excluding carboxylic acids is 1. The van der Waals surface area contributed by atoms with E-state index in [0.29, 0.717) is 37.7 Å². The molecule has 1 aliphatic heterocycles. The first-order valence-corrected chi connectivity index (χ1v) is 10.0. The van der Waals surface area contributed by atoms with Crippen LogP contribution in [0.1, 0.15) is 5.56 Å². The Bertz CT molecular complexity index is 1020. The number of carbonyl (C=O) groups is 1. The predicted molar refractivity (Wildman–Crippen MR) is 115 cm³/mol. The van der Waals surface area contributed by atoms with Crippen molar-refractivity contribution < 1.29 is 13.9 Å². The van der Waals surface area contributed by atoms with Crippen LogP contribution >= 0.6 is 0 Å². The number of rotatable bonds is 6. The number of anilines is 3. The van der Waals surface area contributed by atoms with Gasteiger partial charge in [0.2, 0.25) is 0 Å². The Morgan fingerprint density at radius 1 is 1.03 bits per heavy atom. The monoisotopic (exact) mass is 422 g/mol. The Morgan fingerprint density at radius 3 is 2.48 bits per heavy atom. The van der Waals surface area contributed by atoms with E-state index in [1.165, 1.54) is 24.3 Å². The molecule has 1 aromatic carbocycles. The molecule has 3 aromatic rings. The molecule has 0 radical (unpaired) electrons. The van der Waals surface area contributed by atoms with Crippen molar-refractivity contribution in [2.45, 2.75) is 6.92 Å². The molecule has 1 fully saturated rings. The average Bonchev–Trinajstić information content (AvgIpc) is 2.79. The lowest BCUT2D eigenvalue weighted by Crippen LogP contribution is -2.50. The van der Waals surface area contributed by atoms with Crippen LogP contribution in [0.15, 0.2) is 54.7 Å². The van der Waals surface area contributed by atoms with Gasteiger partial charge in [-0.25, -0.2) is 9.37 Å². The van der Waals surface area contributed by atoms with Crippen LogP contribution in [-0.4, -0.2) is 58.8 Å². The number of aryl methyl sites for hydroxylation is 1. The second-order valence-corrected chi connectivity index (χ2v) is 7.23. The van der Waals surface area contributed by atoms with Gasteiger partial charge in [-0.1, -0.05) is 0 Å². The number of nitrogens with one attached hydrogen (secondary N) is 1. The van der Waals surface area contributed by atoms with Gasteiger partial charge < -0.3 is 19.9 Å². The second kappa shape index (κ2) is 9.38.